The lowest BCUT2D eigenvalue weighted by Crippen LogP contribution is -2.10. The van der Waals surface area contributed by atoms with Gasteiger partial charge in [0.05, 0.1) is 0 Å². The number of hydrogen-bond acceptors (Lipinski definition) is 3. The van der Waals surface area contributed by atoms with E-state index in [9.17, 15) is 0 Å². The van der Waals surface area contributed by atoms with Gasteiger partial charge in [-0.2, -0.15) is 0 Å². The Kier molecular flexibility index (Phi) is 7.73. The van der Waals surface area contributed by atoms with Gasteiger partial charge >= 0.3 is 0 Å². The highest BCUT2D eigenvalue weighted by molar-refractivity contribution is 5.72. The minimum atomic E-state index is 0.132. The van der Waals surface area contributed by atoms with Crippen molar-refractivity contribution in [3.63, 3.8) is 0 Å². The highest BCUT2D eigenvalue weighted by Crippen LogP contribution is 2.31. The molecule has 6 aromatic rings. The zero-order chi connectivity index (χ0) is 30.9. The van der Waals surface area contributed by atoms with Crippen LogP contribution in [0.25, 0.3) is 56.4 Å². The molecule has 1 heterocycles. The Labute approximate surface area is 261 Å². The third-order valence-corrected chi connectivity index (χ3v) is 8.12. The van der Waals surface area contributed by atoms with Crippen molar-refractivity contribution in [1.82, 2.24) is 15.0 Å². The van der Waals surface area contributed by atoms with Gasteiger partial charge in [0, 0.05) is 16.7 Å². The lowest BCUT2D eigenvalue weighted by Gasteiger charge is -2.19. The summed E-state index contributed by atoms with van der Waals surface area (Å²) in [6.07, 6.45) is 0. The van der Waals surface area contributed by atoms with Gasteiger partial charge in [-0.15, -0.1) is 0 Å². The van der Waals surface area contributed by atoms with Gasteiger partial charge in [-0.05, 0) is 44.2 Å². The molecule has 0 N–H and O–H groups in total. The molecule has 218 valence electrons. The molecular formula is C41H39N3. The summed E-state index contributed by atoms with van der Waals surface area (Å²) >= 11 is 0. The quantitative estimate of drug-likeness (QED) is 0.206. The van der Waals surface area contributed by atoms with Crippen LogP contribution in [0.1, 0.15) is 52.7 Å². The fourth-order valence-corrected chi connectivity index (χ4v) is 5.30. The zero-order valence-electron chi connectivity index (χ0n) is 26.5. The summed E-state index contributed by atoms with van der Waals surface area (Å²) in [5.41, 5.74) is 10.5. The molecule has 0 atom stereocenters. The van der Waals surface area contributed by atoms with Crippen LogP contribution in [0.3, 0.4) is 0 Å². The molecule has 0 bridgehead atoms. The van der Waals surface area contributed by atoms with Crippen molar-refractivity contribution in [3.05, 3.63) is 139 Å². The topological polar surface area (TPSA) is 38.7 Å². The van der Waals surface area contributed by atoms with E-state index in [0.29, 0.717) is 17.5 Å². The molecular weight excluding hydrogens is 534 g/mol. The number of aromatic nitrogens is 3. The predicted octanol–water partition coefficient (Wildman–Crippen LogP) is 10.8. The van der Waals surface area contributed by atoms with Crippen LogP contribution in [-0.2, 0) is 10.8 Å². The fraction of sp³-hybridized carbons (Fsp3) is 0.195. The first-order chi connectivity index (χ1) is 21.0. The van der Waals surface area contributed by atoms with Crippen LogP contribution < -0.4 is 0 Å². The van der Waals surface area contributed by atoms with Gasteiger partial charge in [0.25, 0.3) is 0 Å². The Morgan fingerprint density at radius 1 is 0.295 bits per heavy atom. The van der Waals surface area contributed by atoms with E-state index in [-0.39, 0.29) is 10.8 Å². The predicted molar refractivity (Wildman–Crippen MR) is 184 cm³/mol. The van der Waals surface area contributed by atoms with Crippen molar-refractivity contribution in [2.75, 3.05) is 0 Å². The molecule has 0 aliphatic carbocycles. The van der Waals surface area contributed by atoms with Gasteiger partial charge in [-0.1, -0.05) is 169 Å². The molecule has 0 aliphatic heterocycles. The minimum absolute atomic E-state index is 0.132. The molecule has 0 amide bonds. The van der Waals surface area contributed by atoms with E-state index in [1.165, 1.54) is 22.3 Å². The summed E-state index contributed by atoms with van der Waals surface area (Å²) in [5.74, 6) is 1.98. The molecule has 3 heteroatoms. The molecule has 0 fully saturated rings. The van der Waals surface area contributed by atoms with Gasteiger partial charge in [-0.3, -0.25) is 0 Å². The van der Waals surface area contributed by atoms with E-state index in [1.54, 1.807) is 0 Å². The van der Waals surface area contributed by atoms with E-state index in [4.69, 9.17) is 15.0 Å². The van der Waals surface area contributed by atoms with Crippen LogP contribution in [0.15, 0.2) is 127 Å². The van der Waals surface area contributed by atoms with E-state index < -0.39 is 0 Å². The molecule has 44 heavy (non-hydrogen) atoms. The molecule has 0 unspecified atom stereocenters. The maximum atomic E-state index is 4.96. The lowest BCUT2D eigenvalue weighted by atomic mass is 9.86. The zero-order valence-corrected chi connectivity index (χ0v) is 26.5. The first-order valence-electron chi connectivity index (χ1n) is 15.3. The number of nitrogens with zero attached hydrogens (tertiary/aromatic N) is 3. The number of rotatable bonds is 5. The van der Waals surface area contributed by atoms with Crippen LogP contribution in [0, 0.1) is 0 Å². The van der Waals surface area contributed by atoms with E-state index in [0.717, 1.165) is 27.8 Å². The number of hydrogen-bond donors (Lipinski definition) is 0. The Balaban J connectivity index is 1.33. The average Bonchev–Trinajstić information content (AvgIpc) is 3.04. The van der Waals surface area contributed by atoms with Crippen molar-refractivity contribution < 1.29 is 0 Å². The standard InChI is InChI=1S/C41H39N3/c1-40(2,3)35-24-20-30(21-25-35)28-12-16-33(17-13-28)38-42-37(32-10-8-7-9-11-32)43-39(44-38)34-18-14-29(15-19-34)31-22-26-36(27-23-31)41(4,5)6/h7-27H,1-6H3. The minimum Gasteiger partial charge on any atom is -0.208 e. The smallest absolute Gasteiger partial charge is 0.164 e. The second kappa shape index (κ2) is 11.7. The van der Waals surface area contributed by atoms with Crippen LogP contribution in [0.4, 0.5) is 0 Å². The van der Waals surface area contributed by atoms with Crippen LogP contribution in [-0.4, -0.2) is 15.0 Å². The van der Waals surface area contributed by atoms with Gasteiger partial charge in [-0.25, -0.2) is 15.0 Å². The lowest BCUT2D eigenvalue weighted by molar-refractivity contribution is 0.590. The first kappa shape index (κ1) is 29.2. The molecule has 6 rings (SSSR count). The monoisotopic (exact) mass is 573 g/mol. The highest BCUT2D eigenvalue weighted by atomic mass is 15.0. The van der Waals surface area contributed by atoms with Crippen molar-refractivity contribution in [2.24, 2.45) is 0 Å². The molecule has 1 aromatic heterocycles. The van der Waals surface area contributed by atoms with Crippen LogP contribution in [0.5, 0.6) is 0 Å². The molecule has 0 spiro atoms. The summed E-state index contributed by atoms with van der Waals surface area (Å²) in [6, 6.07) is 44.8. The summed E-state index contributed by atoms with van der Waals surface area (Å²) in [7, 11) is 0. The molecule has 0 aliphatic rings. The normalized spacial score (nSPS) is 11.9. The van der Waals surface area contributed by atoms with E-state index in [1.807, 2.05) is 30.3 Å². The second-order valence-electron chi connectivity index (χ2n) is 13.5. The Hall–Kier alpha value is -4.89. The summed E-state index contributed by atoms with van der Waals surface area (Å²) in [4.78, 5) is 14.8. The van der Waals surface area contributed by atoms with Gasteiger partial charge in [0.15, 0.2) is 17.5 Å². The fourth-order valence-electron chi connectivity index (χ4n) is 5.30. The molecule has 0 saturated heterocycles. The Morgan fingerprint density at radius 3 is 0.841 bits per heavy atom. The highest BCUT2D eigenvalue weighted by Gasteiger charge is 2.16. The average molecular weight is 574 g/mol. The van der Waals surface area contributed by atoms with Gasteiger partial charge in [0.1, 0.15) is 0 Å². The maximum absolute atomic E-state index is 4.96. The van der Waals surface area contributed by atoms with Crippen molar-refractivity contribution in [2.45, 2.75) is 52.4 Å². The molecule has 0 radical (unpaired) electrons. The van der Waals surface area contributed by atoms with Crippen LogP contribution in [0.2, 0.25) is 0 Å². The summed E-state index contributed by atoms with van der Waals surface area (Å²) in [5, 5.41) is 0. The third kappa shape index (κ3) is 6.38. The summed E-state index contributed by atoms with van der Waals surface area (Å²) in [6.45, 7) is 13.4. The van der Waals surface area contributed by atoms with Crippen molar-refractivity contribution in [3.8, 4) is 56.4 Å². The van der Waals surface area contributed by atoms with E-state index >= 15 is 0 Å². The third-order valence-electron chi connectivity index (χ3n) is 8.12. The molecule has 5 aromatic carbocycles. The number of benzene rings is 5. The first-order valence-corrected chi connectivity index (χ1v) is 15.3. The van der Waals surface area contributed by atoms with Crippen molar-refractivity contribution >= 4 is 0 Å². The van der Waals surface area contributed by atoms with Gasteiger partial charge < -0.3 is 0 Å². The van der Waals surface area contributed by atoms with E-state index in [2.05, 4.69) is 139 Å². The second-order valence-corrected chi connectivity index (χ2v) is 13.5. The molecule has 3 nitrogen and oxygen atoms in total. The summed E-state index contributed by atoms with van der Waals surface area (Å²) < 4.78 is 0. The largest absolute Gasteiger partial charge is 0.208 e. The Bertz CT molecular complexity index is 1740. The van der Waals surface area contributed by atoms with Crippen molar-refractivity contribution in [1.29, 1.82) is 0 Å². The Morgan fingerprint density at radius 2 is 0.545 bits per heavy atom. The van der Waals surface area contributed by atoms with Crippen LogP contribution >= 0.6 is 0 Å². The molecule has 0 saturated carbocycles. The van der Waals surface area contributed by atoms with Gasteiger partial charge in [0.2, 0.25) is 0 Å². The SMILES string of the molecule is CC(C)(C)c1ccc(-c2ccc(-c3nc(-c4ccccc4)nc(-c4ccc(-c5ccc(C(C)(C)C)cc5)cc4)n3)cc2)cc1. The maximum Gasteiger partial charge on any atom is 0.164 e.